The molecule has 0 heterocycles. The molecule has 0 aliphatic rings. The smallest absolute Gasteiger partial charge is 0.117 e. The largest absolute Gasteiger partial charge is 0.410 e. The Balaban J connectivity index is 2.57. The van der Waals surface area contributed by atoms with Crippen LogP contribution < -0.4 is 0 Å². The maximum Gasteiger partial charge on any atom is 0.117 e. The van der Waals surface area contributed by atoms with E-state index in [2.05, 4.69) is 31.1 Å². The van der Waals surface area contributed by atoms with Gasteiger partial charge >= 0.3 is 0 Å². The lowest BCUT2D eigenvalue weighted by Gasteiger charge is -2.12. The Hall–Kier alpha value is -2.09. The van der Waals surface area contributed by atoms with Crippen molar-refractivity contribution >= 4 is 5.71 Å². The average molecular weight is 253 g/mol. The second-order valence-corrected chi connectivity index (χ2v) is 4.47. The molecule has 0 atom stereocenters. The van der Waals surface area contributed by atoms with Crippen LogP contribution in [0.25, 0.3) is 0 Å². The van der Waals surface area contributed by atoms with E-state index >= 15 is 0 Å². The fourth-order valence-corrected chi connectivity index (χ4v) is 2.37. The van der Waals surface area contributed by atoms with E-state index in [9.17, 15) is 5.21 Å². The number of oxime groups is 1. The SMILES string of the molecule is CCc1ccccc1C(=NO)c1ccccc1CC. The lowest BCUT2D eigenvalue weighted by Crippen LogP contribution is -2.09. The van der Waals surface area contributed by atoms with Gasteiger partial charge < -0.3 is 5.21 Å². The predicted molar refractivity (Wildman–Crippen MR) is 79.1 cm³/mol. The molecule has 0 aliphatic carbocycles. The van der Waals surface area contributed by atoms with Crippen LogP contribution in [0.4, 0.5) is 0 Å². The highest BCUT2D eigenvalue weighted by atomic mass is 16.4. The van der Waals surface area contributed by atoms with Crippen molar-refractivity contribution in [2.45, 2.75) is 26.7 Å². The molecule has 98 valence electrons. The number of aryl methyl sites for hydroxylation is 2. The van der Waals surface area contributed by atoms with Gasteiger partial charge in [0.15, 0.2) is 0 Å². The molecule has 2 rings (SSSR count). The molecule has 0 fully saturated rings. The van der Waals surface area contributed by atoms with Crippen LogP contribution >= 0.6 is 0 Å². The van der Waals surface area contributed by atoms with E-state index in [1.54, 1.807) is 0 Å². The third-order valence-corrected chi connectivity index (χ3v) is 3.41. The molecule has 0 spiro atoms. The van der Waals surface area contributed by atoms with Crippen LogP contribution in [0.5, 0.6) is 0 Å². The van der Waals surface area contributed by atoms with Crippen molar-refractivity contribution in [1.29, 1.82) is 0 Å². The van der Waals surface area contributed by atoms with Gasteiger partial charge in [0.1, 0.15) is 5.71 Å². The monoisotopic (exact) mass is 253 g/mol. The number of rotatable bonds is 4. The summed E-state index contributed by atoms with van der Waals surface area (Å²) in [5.74, 6) is 0. The van der Waals surface area contributed by atoms with E-state index in [4.69, 9.17) is 0 Å². The molecule has 2 nitrogen and oxygen atoms in total. The van der Waals surface area contributed by atoms with E-state index in [0.29, 0.717) is 5.71 Å². The molecule has 0 unspecified atom stereocenters. The number of benzene rings is 2. The van der Waals surface area contributed by atoms with Gasteiger partial charge in [0, 0.05) is 11.1 Å². The van der Waals surface area contributed by atoms with Crippen LogP contribution in [0.1, 0.15) is 36.1 Å². The minimum atomic E-state index is 0.662. The first kappa shape index (κ1) is 13.3. The number of nitrogens with zero attached hydrogens (tertiary/aromatic N) is 1. The lowest BCUT2D eigenvalue weighted by atomic mass is 9.93. The highest BCUT2D eigenvalue weighted by Gasteiger charge is 2.13. The summed E-state index contributed by atoms with van der Waals surface area (Å²) in [4.78, 5) is 0. The van der Waals surface area contributed by atoms with Crippen LogP contribution in [-0.4, -0.2) is 10.9 Å². The molecule has 0 aliphatic heterocycles. The summed E-state index contributed by atoms with van der Waals surface area (Å²) in [6, 6.07) is 16.2. The third kappa shape index (κ3) is 2.68. The summed E-state index contributed by atoms with van der Waals surface area (Å²) in [7, 11) is 0. The van der Waals surface area contributed by atoms with Crippen molar-refractivity contribution < 1.29 is 5.21 Å². The van der Waals surface area contributed by atoms with Gasteiger partial charge in [-0.3, -0.25) is 0 Å². The van der Waals surface area contributed by atoms with Gasteiger partial charge in [-0.2, -0.15) is 0 Å². The number of hydrogen-bond acceptors (Lipinski definition) is 2. The zero-order valence-corrected chi connectivity index (χ0v) is 11.4. The Morgan fingerprint density at radius 3 is 1.63 bits per heavy atom. The van der Waals surface area contributed by atoms with Crippen molar-refractivity contribution in [2.24, 2.45) is 5.16 Å². The van der Waals surface area contributed by atoms with Crippen LogP contribution in [0.3, 0.4) is 0 Å². The van der Waals surface area contributed by atoms with E-state index in [1.807, 2.05) is 36.4 Å². The predicted octanol–water partition coefficient (Wildman–Crippen LogP) is 4.04. The van der Waals surface area contributed by atoms with Gasteiger partial charge in [-0.25, -0.2) is 0 Å². The summed E-state index contributed by atoms with van der Waals surface area (Å²) in [6.07, 6.45) is 1.84. The molecule has 0 saturated carbocycles. The van der Waals surface area contributed by atoms with Gasteiger partial charge in [-0.1, -0.05) is 67.5 Å². The molecule has 2 aromatic carbocycles. The van der Waals surface area contributed by atoms with Crippen molar-refractivity contribution in [1.82, 2.24) is 0 Å². The highest BCUT2D eigenvalue weighted by Crippen LogP contribution is 2.19. The quantitative estimate of drug-likeness (QED) is 0.498. The third-order valence-electron chi connectivity index (χ3n) is 3.41. The van der Waals surface area contributed by atoms with Crippen LogP contribution in [0.2, 0.25) is 0 Å². The Bertz CT molecular complexity index is 538. The van der Waals surface area contributed by atoms with Crippen molar-refractivity contribution in [3.63, 3.8) is 0 Å². The Morgan fingerprint density at radius 1 is 0.842 bits per heavy atom. The molecular formula is C17H19NO. The fourth-order valence-electron chi connectivity index (χ4n) is 2.37. The van der Waals surface area contributed by atoms with Crippen LogP contribution in [-0.2, 0) is 12.8 Å². The minimum Gasteiger partial charge on any atom is -0.410 e. The van der Waals surface area contributed by atoms with Gasteiger partial charge in [-0.05, 0) is 24.0 Å². The second-order valence-electron chi connectivity index (χ2n) is 4.47. The molecule has 0 radical (unpaired) electrons. The summed E-state index contributed by atoms with van der Waals surface area (Å²) < 4.78 is 0. The van der Waals surface area contributed by atoms with E-state index in [0.717, 1.165) is 24.0 Å². The summed E-state index contributed by atoms with van der Waals surface area (Å²) >= 11 is 0. The minimum absolute atomic E-state index is 0.662. The topological polar surface area (TPSA) is 32.6 Å². The molecule has 0 saturated heterocycles. The average Bonchev–Trinajstić information content (AvgIpc) is 2.49. The molecule has 0 amide bonds. The normalized spacial score (nSPS) is 10.2. The first-order valence-corrected chi connectivity index (χ1v) is 6.70. The van der Waals surface area contributed by atoms with E-state index in [-0.39, 0.29) is 0 Å². The van der Waals surface area contributed by atoms with Crippen molar-refractivity contribution in [2.75, 3.05) is 0 Å². The number of hydrogen-bond donors (Lipinski definition) is 1. The summed E-state index contributed by atoms with van der Waals surface area (Å²) in [6.45, 7) is 4.22. The highest BCUT2D eigenvalue weighted by molar-refractivity contribution is 6.14. The molecule has 19 heavy (non-hydrogen) atoms. The zero-order valence-electron chi connectivity index (χ0n) is 11.4. The molecule has 0 aromatic heterocycles. The van der Waals surface area contributed by atoms with E-state index in [1.165, 1.54) is 11.1 Å². The first-order chi connectivity index (χ1) is 9.31. The Kier molecular flexibility index (Phi) is 4.35. The van der Waals surface area contributed by atoms with Crippen LogP contribution in [0.15, 0.2) is 53.7 Å². The second kappa shape index (κ2) is 6.19. The van der Waals surface area contributed by atoms with E-state index < -0.39 is 0 Å². The summed E-state index contributed by atoms with van der Waals surface area (Å²) in [5, 5.41) is 13.0. The van der Waals surface area contributed by atoms with Gasteiger partial charge in [0.25, 0.3) is 0 Å². The fraction of sp³-hybridized carbons (Fsp3) is 0.235. The first-order valence-electron chi connectivity index (χ1n) is 6.70. The molecule has 2 heteroatoms. The Labute approximate surface area is 114 Å². The zero-order chi connectivity index (χ0) is 13.7. The molecule has 0 bridgehead atoms. The van der Waals surface area contributed by atoms with Crippen LogP contribution in [0, 0.1) is 0 Å². The standard InChI is InChI=1S/C17H19NO/c1-3-13-9-5-7-11-15(13)17(18-19)16-12-8-6-10-14(16)4-2/h5-12,19H,3-4H2,1-2H3. The van der Waals surface area contributed by atoms with Gasteiger partial charge in [0.05, 0.1) is 0 Å². The van der Waals surface area contributed by atoms with Gasteiger partial charge in [0.2, 0.25) is 0 Å². The van der Waals surface area contributed by atoms with Gasteiger partial charge in [-0.15, -0.1) is 0 Å². The summed E-state index contributed by atoms with van der Waals surface area (Å²) in [5.41, 5.74) is 5.07. The van der Waals surface area contributed by atoms with Crippen molar-refractivity contribution in [3.05, 3.63) is 70.8 Å². The lowest BCUT2D eigenvalue weighted by molar-refractivity contribution is 0.319. The van der Waals surface area contributed by atoms with Crippen molar-refractivity contribution in [3.8, 4) is 0 Å². The molecule has 1 N–H and O–H groups in total. The Morgan fingerprint density at radius 2 is 1.26 bits per heavy atom. The molecule has 2 aromatic rings. The maximum atomic E-state index is 9.46. The maximum absolute atomic E-state index is 9.46. The molecular weight excluding hydrogens is 234 g/mol.